The van der Waals surface area contributed by atoms with Gasteiger partial charge >= 0.3 is 0 Å². The van der Waals surface area contributed by atoms with Crippen LogP contribution in [-0.2, 0) is 10.2 Å². The summed E-state index contributed by atoms with van der Waals surface area (Å²) in [6.45, 7) is 0.961. The molecular formula is C15H19N5O4S. The van der Waals surface area contributed by atoms with Crippen molar-refractivity contribution in [2.75, 3.05) is 40.3 Å². The van der Waals surface area contributed by atoms with E-state index in [0.717, 1.165) is 4.31 Å². The van der Waals surface area contributed by atoms with Gasteiger partial charge in [0.1, 0.15) is 0 Å². The van der Waals surface area contributed by atoms with Crippen molar-refractivity contribution in [1.82, 2.24) is 23.7 Å². The molecule has 25 heavy (non-hydrogen) atoms. The summed E-state index contributed by atoms with van der Waals surface area (Å²) >= 11 is 0. The maximum atomic E-state index is 12.8. The molecule has 1 aliphatic rings. The van der Waals surface area contributed by atoms with Gasteiger partial charge in [-0.1, -0.05) is 18.2 Å². The zero-order chi connectivity index (χ0) is 18.2. The number of piperazine rings is 1. The van der Waals surface area contributed by atoms with E-state index in [2.05, 4.69) is 10.2 Å². The molecule has 1 aliphatic heterocycles. The molecule has 0 radical (unpaired) electrons. The predicted molar refractivity (Wildman–Crippen MR) is 92.4 cm³/mol. The number of nitrogens with zero attached hydrogens (tertiary/aromatic N) is 4. The van der Waals surface area contributed by atoms with Crippen LogP contribution in [0.25, 0.3) is 10.8 Å². The summed E-state index contributed by atoms with van der Waals surface area (Å²) in [7, 11) is -0.538. The number of fused-ring (bicyclic) bond motifs is 1. The Morgan fingerprint density at radius 3 is 2.32 bits per heavy atom. The molecule has 3 rings (SSSR count). The smallest absolute Gasteiger partial charge is 0.281 e. The van der Waals surface area contributed by atoms with E-state index >= 15 is 0 Å². The second kappa shape index (κ2) is 6.54. The molecule has 0 spiro atoms. The first kappa shape index (κ1) is 17.5. The first-order chi connectivity index (χ1) is 11.8. The highest BCUT2D eigenvalue weighted by atomic mass is 32.2. The van der Waals surface area contributed by atoms with Crippen molar-refractivity contribution < 1.29 is 13.2 Å². The third kappa shape index (κ3) is 3.15. The normalized spacial score (nSPS) is 16.5. The fourth-order valence-corrected chi connectivity index (χ4v) is 3.87. The summed E-state index contributed by atoms with van der Waals surface area (Å²) in [5.41, 5.74) is -0.187. The Labute approximate surface area is 145 Å². The Morgan fingerprint density at radius 2 is 1.72 bits per heavy atom. The van der Waals surface area contributed by atoms with Gasteiger partial charge in [0.05, 0.1) is 5.39 Å². The topological polar surface area (TPSA) is 107 Å². The first-order valence-electron chi connectivity index (χ1n) is 7.76. The summed E-state index contributed by atoms with van der Waals surface area (Å²) in [4.78, 5) is 26.2. The van der Waals surface area contributed by atoms with Crippen LogP contribution in [-0.4, -0.2) is 78.3 Å². The number of rotatable bonds is 3. The third-order valence-electron chi connectivity index (χ3n) is 4.21. The van der Waals surface area contributed by atoms with Gasteiger partial charge in [0.2, 0.25) is 0 Å². The van der Waals surface area contributed by atoms with Crippen molar-refractivity contribution in [3.63, 3.8) is 0 Å². The molecule has 2 heterocycles. The standard InChI is InChI=1S/C15H19N5O4S/c1-18(2)25(23,24)20-9-7-19(8-10-20)15(22)13-11-5-3-4-6-12(11)14(21)17-16-13/h3-6H,7-10H2,1-2H3,(H,17,21). The van der Waals surface area contributed by atoms with Gasteiger partial charge in [-0.3, -0.25) is 9.59 Å². The number of H-pyrrole nitrogens is 1. The number of hydrogen-bond donors (Lipinski definition) is 1. The van der Waals surface area contributed by atoms with E-state index in [0.29, 0.717) is 10.8 Å². The molecule has 1 fully saturated rings. The van der Waals surface area contributed by atoms with Gasteiger partial charge < -0.3 is 4.90 Å². The number of nitrogens with one attached hydrogen (secondary N) is 1. The van der Waals surface area contributed by atoms with E-state index in [1.807, 2.05) is 0 Å². The highest BCUT2D eigenvalue weighted by Crippen LogP contribution is 2.16. The summed E-state index contributed by atoms with van der Waals surface area (Å²) in [6.07, 6.45) is 0. The van der Waals surface area contributed by atoms with Gasteiger partial charge in [-0.2, -0.15) is 22.1 Å². The van der Waals surface area contributed by atoms with E-state index in [4.69, 9.17) is 0 Å². The highest BCUT2D eigenvalue weighted by Gasteiger charge is 2.31. The Kier molecular flexibility index (Phi) is 4.58. The molecule has 1 aromatic heterocycles. The van der Waals surface area contributed by atoms with Crippen LogP contribution >= 0.6 is 0 Å². The van der Waals surface area contributed by atoms with Crippen molar-refractivity contribution in [1.29, 1.82) is 0 Å². The minimum absolute atomic E-state index is 0.166. The van der Waals surface area contributed by atoms with Gasteiger partial charge in [-0.25, -0.2) is 5.10 Å². The van der Waals surface area contributed by atoms with Crippen LogP contribution in [0.4, 0.5) is 0 Å². The number of carbonyl (C=O) groups is 1. The molecule has 2 aromatic rings. The molecule has 0 saturated carbocycles. The Bertz CT molecular complexity index is 961. The van der Waals surface area contributed by atoms with E-state index in [-0.39, 0.29) is 43.3 Å². The molecule has 9 nitrogen and oxygen atoms in total. The second-order valence-electron chi connectivity index (χ2n) is 5.93. The van der Waals surface area contributed by atoms with Crippen LogP contribution in [0, 0.1) is 0 Å². The summed E-state index contributed by atoms with van der Waals surface area (Å²) in [6, 6.07) is 6.77. The molecule has 0 atom stereocenters. The summed E-state index contributed by atoms with van der Waals surface area (Å²) in [5.74, 6) is -0.325. The summed E-state index contributed by atoms with van der Waals surface area (Å²) < 4.78 is 26.8. The number of amides is 1. The molecule has 1 amide bonds. The van der Waals surface area contributed by atoms with Gasteiger partial charge in [0, 0.05) is 45.7 Å². The third-order valence-corrected chi connectivity index (χ3v) is 6.15. The minimum atomic E-state index is -3.49. The maximum absolute atomic E-state index is 12.8. The fourth-order valence-electron chi connectivity index (χ4n) is 2.78. The van der Waals surface area contributed by atoms with E-state index in [1.165, 1.54) is 18.4 Å². The molecule has 0 bridgehead atoms. The van der Waals surface area contributed by atoms with Crippen LogP contribution in [0.15, 0.2) is 29.1 Å². The number of hydrogen-bond acceptors (Lipinski definition) is 5. The lowest BCUT2D eigenvalue weighted by Crippen LogP contribution is -2.53. The predicted octanol–water partition coefficient (Wildman–Crippen LogP) is -0.513. The Hall–Kier alpha value is -2.30. The van der Waals surface area contributed by atoms with Crippen LogP contribution < -0.4 is 5.56 Å². The molecular weight excluding hydrogens is 346 g/mol. The van der Waals surface area contributed by atoms with Crippen LogP contribution in [0.2, 0.25) is 0 Å². The maximum Gasteiger partial charge on any atom is 0.281 e. The number of aromatic amines is 1. The lowest BCUT2D eigenvalue weighted by atomic mass is 10.1. The van der Waals surface area contributed by atoms with Crippen molar-refractivity contribution in [3.8, 4) is 0 Å². The van der Waals surface area contributed by atoms with E-state index < -0.39 is 10.2 Å². The van der Waals surface area contributed by atoms with Crippen molar-refractivity contribution >= 4 is 26.9 Å². The van der Waals surface area contributed by atoms with Gasteiger partial charge in [-0.05, 0) is 6.07 Å². The molecule has 1 saturated heterocycles. The molecule has 1 aromatic carbocycles. The number of benzene rings is 1. The van der Waals surface area contributed by atoms with Gasteiger partial charge in [0.15, 0.2) is 5.69 Å². The summed E-state index contributed by atoms with van der Waals surface area (Å²) in [5, 5.41) is 7.14. The van der Waals surface area contributed by atoms with E-state index in [1.54, 1.807) is 29.2 Å². The SMILES string of the molecule is CN(C)S(=O)(=O)N1CCN(C(=O)c2n[nH]c(=O)c3ccccc23)CC1. The number of aromatic nitrogens is 2. The highest BCUT2D eigenvalue weighted by molar-refractivity contribution is 7.86. The lowest BCUT2D eigenvalue weighted by molar-refractivity contribution is 0.0690. The van der Waals surface area contributed by atoms with Crippen LogP contribution in [0.1, 0.15) is 10.5 Å². The number of carbonyl (C=O) groups excluding carboxylic acids is 1. The quantitative estimate of drug-likeness (QED) is 0.788. The molecule has 10 heteroatoms. The first-order valence-corrected chi connectivity index (χ1v) is 9.16. The molecule has 1 N–H and O–H groups in total. The average molecular weight is 365 g/mol. The van der Waals surface area contributed by atoms with Crippen molar-refractivity contribution in [3.05, 3.63) is 40.3 Å². The van der Waals surface area contributed by atoms with Gasteiger partial charge in [-0.15, -0.1) is 0 Å². The minimum Gasteiger partial charge on any atom is -0.335 e. The van der Waals surface area contributed by atoms with Crippen LogP contribution in [0.3, 0.4) is 0 Å². The van der Waals surface area contributed by atoms with Gasteiger partial charge in [0.25, 0.3) is 21.7 Å². The second-order valence-corrected chi connectivity index (χ2v) is 8.07. The fraction of sp³-hybridized carbons (Fsp3) is 0.400. The molecule has 0 aliphatic carbocycles. The van der Waals surface area contributed by atoms with E-state index in [9.17, 15) is 18.0 Å². The van der Waals surface area contributed by atoms with Crippen molar-refractivity contribution in [2.24, 2.45) is 0 Å². The molecule has 0 unspecified atom stereocenters. The lowest BCUT2D eigenvalue weighted by Gasteiger charge is -2.35. The Balaban J connectivity index is 1.83. The largest absolute Gasteiger partial charge is 0.335 e. The zero-order valence-electron chi connectivity index (χ0n) is 14.0. The zero-order valence-corrected chi connectivity index (χ0v) is 14.8. The molecule has 134 valence electrons. The average Bonchev–Trinajstić information content (AvgIpc) is 2.62. The van der Waals surface area contributed by atoms with Crippen LogP contribution in [0.5, 0.6) is 0 Å². The monoisotopic (exact) mass is 365 g/mol. The Morgan fingerprint density at radius 1 is 1.12 bits per heavy atom. The van der Waals surface area contributed by atoms with Crippen molar-refractivity contribution in [2.45, 2.75) is 0 Å².